The molecule has 0 saturated carbocycles. The Bertz CT molecular complexity index is 528. The van der Waals surface area contributed by atoms with E-state index in [0.29, 0.717) is 5.92 Å². The van der Waals surface area contributed by atoms with Crippen LogP contribution < -0.4 is 0 Å². The van der Waals surface area contributed by atoms with E-state index in [2.05, 4.69) is 54.6 Å². The van der Waals surface area contributed by atoms with E-state index in [0.717, 1.165) is 36.2 Å². The lowest BCUT2D eigenvalue weighted by Crippen LogP contribution is -2.31. The van der Waals surface area contributed by atoms with Crippen molar-refractivity contribution in [2.24, 2.45) is 5.92 Å². The third-order valence-corrected chi connectivity index (χ3v) is 5.23. The summed E-state index contributed by atoms with van der Waals surface area (Å²) in [5.74, 6) is 0.637. The molecule has 0 aliphatic carbocycles. The maximum Gasteiger partial charge on any atom is 0.0897 e. The first-order valence-electron chi connectivity index (χ1n) is 7.62. The highest BCUT2D eigenvalue weighted by atomic mass is 32.1. The number of rotatable bonds is 8. The molecule has 0 amide bonds. The molecule has 0 aromatic carbocycles. The van der Waals surface area contributed by atoms with E-state index in [1.54, 1.807) is 22.7 Å². The van der Waals surface area contributed by atoms with Gasteiger partial charge < -0.3 is 9.80 Å². The van der Waals surface area contributed by atoms with Gasteiger partial charge in [-0.15, -0.1) is 22.7 Å². The average Bonchev–Trinajstić information content (AvgIpc) is 2.97. The first-order chi connectivity index (χ1) is 10.4. The van der Waals surface area contributed by atoms with Crippen LogP contribution in [-0.2, 0) is 13.1 Å². The van der Waals surface area contributed by atoms with Gasteiger partial charge >= 0.3 is 0 Å². The maximum atomic E-state index is 4.32. The largest absolute Gasteiger partial charge is 0.301 e. The van der Waals surface area contributed by atoms with E-state index < -0.39 is 0 Å². The standard InChI is InChI=1S/C16H26N4S2/c1-12(8-19(4)10-15-6-17-13(2)21-15)9-20(5)11-16-7-18-14(3)22-16/h6-7,12H,8-11H2,1-5H3. The third kappa shape index (κ3) is 5.76. The molecule has 2 heterocycles. The molecule has 0 radical (unpaired) electrons. The van der Waals surface area contributed by atoms with Crippen molar-refractivity contribution in [3.8, 4) is 0 Å². The van der Waals surface area contributed by atoms with Gasteiger partial charge in [-0.2, -0.15) is 0 Å². The van der Waals surface area contributed by atoms with Gasteiger partial charge in [0, 0.05) is 48.3 Å². The van der Waals surface area contributed by atoms with Gasteiger partial charge in [0.25, 0.3) is 0 Å². The van der Waals surface area contributed by atoms with E-state index >= 15 is 0 Å². The Morgan fingerprint density at radius 3 is 1.64 bits per heavy atom. The Morgan fingerprint density at radius 1 is 0.909 bits per heavy atom. The Kier molecular flexibility index (Phi) is 6.50. The summed E-state index contributed by atoms with van der Waals surface area (Å²) < 4.78 is 0. The first-order valence-corrected chi connectivity index (χ1v) is 9.25. The molecule has 2 aromatic rings. The summed E-state index contributed by atoms with van der Waals surface area (Å²) >= 11 is 3.58. The molecule has 0 aliphatic heterocycles. The lowest BCUT2D eigenvalue weighted by Gasteiger charge is -2.24. The van der Waals surface area contributed by atoms with Crippen molar-refractivity contribution >= 4 is 22.7 Å². The molecule has 0 bridgehead atoms. The Hall–Kier alpha value is -0.820. The van der Waals surface area contributed by atoms with Gasteiger partial charge in [-0.25, -0.2) is 9.97 Å². The normalized spacial score (nSPS) is 12.0. The SMILES string of the molecule is Cc1ncc(CN(C)CC(C)CN(C)Cc2cnc(C)s2)s1. The van der Waals surface area contributed by atoms with E-state index in [9.17, 15) is 0 Å². The molecule has 22 heavy (non-hydrogen) atoms. The minimum Gasteiger partial charge on any atom is -0.301 e. The Balaban J connectivity index is 1.73. The number of aromatic nitrogens is 2. The van der Waals surface area contributed by atoms with Crippen LogP contribution in [0.2, 0.25) is 0 Å². The van der Waals surface area contributed by atoms with Crippen molar-refractivity contribution in [3.05, 3.63) is 32.2 Å². The number of hydrogen-bond donors (Lipinski definition) is 0. The zero-order valence-electron chi connectivity index (χ0n) is 14.2. The van der Waals surface area contributed by atoms with E-state index in [-0.39, 0.29) is 0 Å². The second-order valence-electron chi connectivity index (χ2n) is 6.19. The smallest absolute Gasteiger partial charge is 0.0897 e. The molecule has 4 nitrogen and oxygen atoms in total. The van der Waals surface area contributed by atoms with Crippen molar-refractivity contribution < 1.29 is 0 Å². The highest BCUT2D eigenvalue weighted by Gasteiger charge is 2.12. The summed E-state index contributed by atoms with van der Waals surface area (Å²) in [5.41, 5.74) is 0. The van der Waals surface area contributed by atoms with Crippen LogP contribution >= 0.6 is 22.7 Å². The molecule has 0 unspecified atom stereocenters. The summed E-state index contributed by atoms with van der Waals surface area (Å²) in [5, 5.41) is 2.30. The van der Waals surface area contributed by atoms with Crippen LogP contribution in [0.3, 0.4) is 0 Å². The second-order valence-corrected chi connectivity index (χ2v) is 8.83. The molecule has 0 saturated heterocycles. The van der Waals surface area contributed by atoms with Crippen LogP contribution in [0.25, 0.3) is 0 Å². The highest BCUT2D eigenvalue weighted by Crippen LogP contribution is 2.16. The van der Waals surface area contributed by atoms with Crippen LogP contribution in [0.1, 0.15) is 26.7 Å². The lowest BCUT2D eigenvalue weighted by atomic mass is 10.1. The minimum atomic E-state index is 0.637. The molecule has 0 aliphatic rings. The fraction of sp³-hybridized carbons (Fsp3) is 0.625. The molecule has 2 aromatic heterocycles. The molecular weight excluding hydrogens is 312 g/mol. The number of thiazole rings is 2. The molecule has 6 heteroatoms. The van der Waals surface area contributed by atoms with Crippen molar-refractivity contribution in [3.63, 3.8) is 0 Å². The van der Waals surface area contributed by atoms with Crippen molar-refractivity contribution in [2.45, 2.75) is 33.9 Å². The van der Waals surface area contributed by atoms with Crippen LogP contribution in [-0.4, -0.2) is 47.0 Å². The molecule has 2 rings (SSSR count). The van der Waals surface area contributed by atoms with E-state index in [1.165, 1.54) is 9.75 Å². The average molecular weight is 339 g/mol. The molecule has 122 valence electrons. The lowest BCUT2D eigenvalue weighted by molar-refractivity contribution is 0.219. The molecule has 0 spiro atoms. The highest BCUT2D eigenvalue weighted by molar-refractivity contribution is 7.11. The molecule has 0 fully saturated rings. The van der Waals surface area contributed by atoms with Gasteiger partial charge in [-0.3, -0.25) is 0 Å². The van der Waals surface area contributed by atoms with Crippen LogP contribution in [0.4, 0.5) is 0 Å². The monoisotopic (exact) mass is 338 g/mol. The number of nitrogens with zero attached hydrogens (tertiary/aromatic N) is 4. The summed E-state index contributed by atoms with van der Waals surface area (Å²) in [7, 11) is 4.39. The fourth-order valence-corrected chi connectivity index (χ4v) is 4.49. The van der Waals surface area contributed by atoms with Gasteiger partial charge in [-0.1, -0.05) is 6.92 Å². The van der Waals surface area contributed by atoms with Crippen LogP contribution in [0, 0.1) is 19.8 Å². The number of aryl methyl sites for hydroxylation is 2. The van der Waals surface area contributed by atoms with Crippen molar-refractivity contribution in [2.75, 3.05) is 27.2 Å². The quantitative estimate of drug-likeness (QED) is 0.738. The zero-order chi connectivity index (χ0) is 16.1. The van der Waals surface area contributed by atoms with Gasteiger partial charge in [0.1, 0.15) is 0 Å². The molecule has 0 atom stereocenters. The van der Waals surface area contributed by atoms with E-state index in [1.807, 2.05) is 12.4 Å². The Morgan fingerprint density at radius 2 is 1.32 bits per heavy atom. The van der Waals surface area contributed by atoms with Gasteiger partial charge in [-0.05, 0) is 33.9 Å². The van der Waals surface area contributed by atoms with Crippen molar-refractivity contribution in [1.29, 1.82) is 0 Å². The summed E-state index contributed by atoms with van der Waals surface area (Å²) in [4.78, 5) is 16.1. The van der Waals surface area contributed by atoms with Gasteiger partial charge in [0.05, 0.1) is 10.0 Å². The van der Waals surface area contributed by atoms with Crippen LogP contribution in [0.15, 0.2) is 12.4 Å². The third-order valence-electron chi connectivity index (χ3n) is 3.44. The van der Waals surface area contributed by atoms with E-state index in [4.69, 9.17) is 0 Å². The number of hydrogen-bond acceptors (Lipinski definition) is 6. The fourth-order valence-electron chi connectivity index (χ4n) is 2.74. The minimum absolute atomic E-state index is 0.637. The summed E-state index contributed by atoms with van der Waals surface area (Å²) in [6, 6.07) is 0. The first kappa shape index (κ1) is 17.5. The zero-order valence-corrected chi connectivity index (χ0v) is 15.8. The predicted octanol–water partition coefficient (Wildman–Crippen LogP) is 3.42. The van der Waals surface area contributed by atoms with Gasteiger partial charge in [0.15, 0.2) is 0 Å². The predicted molar refractivity (Wildman–Crippen MR) is 95.5 cm³/mol. The van der Waals surface area contributed by atoms with Gasteiger partial charge in [0.2, 0.25) is 0 Å². The maximum absolute atomic E-state index is 4.32. The Labute approximate surface area is 141 Å². The van der Waals surface area contributed by atoms with Crippen LogP contribution in [0.5, 0.6) is 0 Å². The summed E-state index contributed by atoms with van der Waals surface area (Å²) in [6.45, 7) is 10.6. The van der Waals surface area contributed by atoms with Crippen molar-refractivity contribution in [1.82, 2.24) is 19.8 Å². The molecule has 0 N–H and O–H groups in total. The summed E-state index contributed by atoms with van der Waals surface area (Å²) in [6.07, 6.45) is 4.00. The second kappa shape index (κ2) is 8.15. The topological polar surface area (TPSA) is 32.3 Å². The molecular formula is C16H26N4S2.